The number of carbonyl (C=O) groups excluding carboxylic acids is 4. The summed E-state index contributed by atoms with van der Waals surface area (Å²) in [5.41, 5.74) is -1.05. The van der Waals surface area contributed by atoms with E-state index in [9.17, 15) is 19.2 Å². The van der Waals surface area contributed by atoms with Crippen molar-refractivity contribution in [1.82, 2.24) is 20.9 Å². The van der Waals surface area contributed by atoms with Crippen molar-refractivity contribution in [3.8, 4) is 0 Å². The van der Waals surface area contributed by atoms with Crippen LogP contribution in [0, 0.1) is 0 Å². The molecule has 0 unspecified atom stereocenters. The van der Waals surface area contributed by atoms with Crippen LogP contribution in [0.2, 0.25) is 0 Å². The summed E-state index contributed by atoms with van der Waals surface area (Å²) in [6, 6.07) is -1.37. The zero-order chi connectivity index (χ0) is 21.0. The first-order chi connectivity index (χ1) is 13.8. The Bertz CT molecular complexity index is 657. The first-order valence-electron chi connectivity index (χ1n) is 10.7. The molecule has 2 saturated heterocycles. The lowest BCUT2D eigenvalue weighted by Crippen LogP contribution is -2.61. The molecule has 0 aromatic rings. The van der Waals surface area contributed by atoms with Crippen molar-refractivity contribution >= 4 is 23.8 Å². The van der Waals surface area contributed by atoms with Crippen molar-refractivity contribution in [3.63, 3.8) is 0 Å². The van der Waals surface area contributed by atoms with E-state index in [0.29, 0.717) is 19.6 Å². The number of amides is 5. The summed E-state index contributed by atoms with van der Waals surface area (Å²) in [6.07, 6.45) is 5.99. The number of imide groups is 1. The van der Waals surface area contributed by atoms with Gasteiger partial charge in [-0.2, -0.15) is 0 Å². The maximum absolute atomic E-state index is 13.2. The number of urea groups is 1. The topological polar surface area (TPSA) is 117 Å². The van der Waals surface area contributed by atoms with Gasteiger partial charge in [0, 0.05) is 19.2 Å². The summed E-state index contributed by atoms with van der Waals surface area (Å²) in [4.78, 5) is 51.3. The summed E-state index contributed by atoms with van der Waals surface area (Å²) in [5, 5.41) is 7.72. The number of nitrogens with one attached hydrogen (secondary N) is 3. The van der Waals surface area contributed by atoms with Gasteiger partial charge in [-0.15, -0.1) is 0 Å². The summed E-state index contributed by atoms with van der Waals surface area (Å²) < 4.78 is 5.72. The lowest BCUT2D eigenvalue weighted by Gasteiger charge is -2.41. The van der Waals surface area contributed by atoms with Crippen molar-refractivity contribution in [3.05, 3.63) is 0 Å². The van der Waals surface area contributed by atoms with Crippen LogP contribution in [0.4, 0.5) is 4.79 Å². The van der Waals surface area contributed by atoms with E-state index in [2.05, 4.69) is 16.0 Å². The van der Waals surface area contributed by atoms with Gasteiger partial charge in [-0.25, -0.2) is 4.79 Å². The maximum atomic E-state index is 13.2. The molecule has 9 heteroatoms. The highest BCUT2D eigenvalue weighted by atomic mass is 16.5. The Labute approximate surface area is 171 Å². The molecule has 29 heavy (non-hydrogen) atoms. The first kappa shape index (κ1) is 21.5. The fourth-order valence-corrected chi connectivity index (χ4v) is 4.34. The van der Waals surface area contributed by atoms with Gasteiger partial charge >= 0.3 is 6.03 Å². The fraction of sp³-hybridized carbons (Fsp3) is 0.800. The molecule has 3 fully saturated rings. The standard InChI is InChI=1S/C20H32N4O5/c1-3-20(2,18(27)21-13-7-4-5-8-13)24(12-14-9-6-10-29-14)16(25)11-15-17(26)23-19(28)22-15/h13-15H,3-12H2,1-2H3,(H,21,27)(H2,22,23,26,28)/t14-,15-,20+/m0/s1. The quantitative estimate of drug-likeness (QED) is 0.514. The number of nitrogens with zero attached hydrogens (tertiary/aromatic N) is 1. The van der Waals surface area contributed by atoms with Crippen LogP contribution in [-0.4, -0.2) is 65.5 Å². The van der Waals surface area contributed by atoms with Gasteiger partial charge in [0.2, 0.25) is 11.8 Å². The van der Waals surface area contributed by atoms with Gasteiger partial charge in [0.25, 0.3) is 5.91 Å². The Morgan fingerprint density at radius 2 is 1.93 bits per heavy atom. The van der Waals surface area contributed by atoms with Crippen LogP contribution in [0.25, 0.3) is 0 Å². The molecule has 0 aromatic carbocycles. The highest BCUT2D eigenvalue weighted by Gasteiger charge is 2.44. The average molecular weight is 408 g/mol. The van der Waals surface area contributed by atoms with Crippen molar-refractivity contribution in [2.45, 2.75) is 88.9 Å². The van der Waals surface area contributed by atoms with E-state index < -0.39 is 23.5 Å². The second-order valence-corrected chi connectivity index (χ2v) is 8.44. The number of carbonyl (C=O) groups is 4. The molecule has 3 rings (SSSR count). The molecule has 0 aromatic heterocycles. The summed E-state index contributed by atoms with van der Waals surface area (Å²) in [5.74, 6) is -1.03. The first-order valence-corrected chi connectivity index (χ1v) is 10.7. The van der Waals surface area contributed by atoms with Crippen molar-refractivity contribution in [2.24, 2.45) is 0 Å². The average Bonchev–Trinajstić information content (AvgIpc) is 3.43. The molecule has 3 aliphatic rings. The minimum absolute atomic E-state index is 0.129. The molecule has 3 N–H and O–H groups in total. The Balaban J connectivity index is 1.77. The van der Waals surface area contributed by atoms with Crippen LogP contribution in [0.5, 0.6) is 0 Å². The van der Waals surface area contributed by atoms with Gasteiger partial charge in [-0.1, -0.05) is 19.8 Å². The van der Waals surface area contributed by atoms with Crippen LogP contribution in [0.15, 0.2) is 0 Å². The second-order valence-electron chi connectivity index (χ2n) is 8.44. The van der Waals surface area contributed by atoms with Gasteiger partial charge < -0.3 is 20.3 Å². The van der Waals surface area contributed by atoms with Crippen LogP contribution in [-0.2, 0) is 19.1 Å². The van der Waals surface area contributed by atoms with Gasteiger partial charge in [-0.3, -0.25) is 19.7 Å². The maximum Gasteiger partial charge on any atom is 0.322 e. The third kappa shape index (κ3) is 4.88. The molecular formula is C20H32N4O5. The molecule has 1 saturated carbocycles. The predicted octanol–water partition coefficient (Wildman–Crippen LogP) is 0.820. The van der Waals surface area contributed by atoms with Gasteiger partial charge in [0.05, 0.1) is 12.5 Å². The molecule has 9 nitrogen and oxygen atoms in total. The largest absolute Gasteiger partial charge is 0.376 e. The molecule has 2 heterocycles. The van der Waals surface area contributed by atoms with Gasteiger partial charge in [-0.05, 0) is 39.0 Å². The normalized spacial score (nSPS) is 26.7. The fourth-order valence-electron chi connectivity index (χ4n) is 4.34. The SMILES string of the molecule is CC[C@](C)(C(=O)NC1CCCC1)N(C[C@@H]1CCCO1)C(=O)C[C@@H]1NC(=O)NC1=O. The van der Waals surface area contributed by atoms with E-state index in [1.165, 1.54) is 0 Å². The molecule has 0 bridgehead atoms. The van der Waals surface area contributed by atoms with E-state index in [-0.39, 0.29) is 30.4 Å². The van der Waals surface area contributed by atoms with E-state index in [4.69, 9.17) is 4.74 Å². The van der Waals surface area contributed by atoms with Gasteiger partial charge in [0.1, 0.15) is 11.6 Å². The van der Waals surface area contributed by atoms with E-state index in [0.717, 1.165) is 38.5 Å². The molecule has 5 amide bonds. The molecule has 0 spiro atoms. The Hall–Kier alpha value is -2.16. The van der Waals surface area contributed by atoms with E-state index in [1.807, 2.05) is 6.92 Å². The zero-order valence-corrected chi connectivity index (χ0v) is 17.3. The van der Waals surface area contributed by atoms with Crippen molar-refractivity contribution in [2.75, 3.05) is 13.2 Å². The van der Waals surface area contributed by atoms with Crippen LogP contribution in [0.3, 0.4) is 0 Å². The highest BCUT2D eigenvalue weighted by molar-refractivity contribution is 6.06. The Morgan fingerprint density at radius 1 is 1.21 bits per heavy atom. The minimum atomic E-state index is -1.05. The number of hydrogen-bond acceptors (Lipinski definition) is 5. The molecule has 0 radical (unpaired) electrons. The molecule has 3 atom stereocenters. The van der Waals surface area contributed by atoms with Crippen LogP contribution in [0.1, 0.15) is 65.2 Å². The monoisotopic (exact) mass is 408 g/mol. The van der Waals surface area contributed by atoms with Gasteiger partial charge in [0.15, 0.2) is 0 Å². The van der Waals surface area contributed by atoms with E-state index in [1.54, 1.807) is 11.8 Å². The highest BCUT2D eigenvalue weighted by Crippen LogP contribution is 2.27. The molecule has 2 aliphatic heterocycles. The van der Waals surface area contributed by atoms with Crippen LogP contribution >= 0.6 is 0 Å². The molecule has 1 aliphatic carbocycles. The molecule has 162 valence electrons. The third-order valence-corrected chi connectivity index (χ3v) is 6.41. The smallest absolute Gasteiger partial charge is 0.322 e. The minimum Gasteiger partial charge on any atom is -0.376 e. The van der Waals surface area contributed by atoms with Crippen molar-refractivity contribution < 1.29 is 23.9 Å². The predicted molar refractivity (Wildman–Crippen MR) is 105 cm³/mol. The van der Waals surface area contributed by atoms with E-state index >= 15 is 0 Å². The second kappa shape index (κ2) is 9.11. The van der Waals surface area contributed by atoms with Crippen LogP contribution < -0.4 is 16.0 Å². The lowest BCUT2D eigenvalue weighted by atomic mass is 9.92. The number of rotatable bonds is 8. The number of hydrogen-bond donors (Lipinski definition) is 3. The Morgan fingerprint density at radius 3 is 2.48 bits per heavy atom. The Kier molecular flexibility index (Phi) is 6.77. The number of ether oxygens (including phenoxy) is 1. The summed E-state index contributed by atoms with van der Waals surface area (Å²) in [6.45, 7) is 4.60. The lowest BCUT2D eigenvalue weighted by molar-refractivity contribution is -0.150. The summed E-state index contributed by atoms with van der Waals surface area (Å²) in [7, 11) is 0. The molecular weight excluding hydrogens is 376 g/mol. The zero-order valence-electron chi connectivity index (χ0n) is 17.3. The summed E-state index contributed by atoms with van der Waals surface area (Å²) >= 11 is 0. The van der Waals surface area contributed by atoms with Crippen molar-refractivity contribution in [1.29, 1.82) is 0 Å². The third-order valence-electron chi connectivity index (χ3n) is 6.41.